The van der Waals surface area contributed by atoms with Crippen molar-refractivity contribution in [2.24, 2.45) is 5.73 Å². The third-order valence-electron chi connectivity index (χ3n) is 7.04. The second-order valence-corrected chi connectivity index (χ2v) is 13.2. The average molecular weight is 627 g/mol. The van der Waals surface area contributed by atoms with Gasteiger partial charge in [0.1, 0.15) is 5.54 Å². The number of hydrogen-bond acceptors (Lipinski definition) is 5. The summed E-state index contributed by atoms with van der Waals surface area (Å²) in [6.07, 6.45) is 4.80. The van der Waals surface area contributed by atoms with Gasteiger partial charge < -0.3 is 5.73 Å². The second-order valence-electron chi connectivity index (χ2n) is 9.75. The van der Waals surface area contributed by atoms with E-state index < -0.39 is 15.6 Å². The number of carbonyl (C=O) groups is 1. The first kappa shape index (κ1) is 26.6. The Morgan fingerprint density at radius 2 is 1.78 bits per heavy atom. The maximum Gasteiger partial charge on any atom is 0.260 e. The van der Waals surface area contributed by atoms with E-state index in [-0.39, 0.29) is 35.4 Å². The molecule has 1 amide bonds. The summed E-state index contributed by atoms with van der Waals surface area (Å²) in [5, 5.41) is 0.593. The topological polar surface area (TPSA) is 110 Å². The molecule has 0 spiro atoms. The van der Waals surface area contributed by atoms with Crippen LogP contribution in [0.1, 0.15) is 38.2 Å². The molecule has 12 heteroatoms. The third kappa shape index (κ3) is 4.95. The van der Waals surface area contributed by atoms with Gasteiger partial charge in [-0.15, -0.1) is 0 Å². The first-order chi connectivity index (χ1) is 17.5. The van der Waals surface area contributed by atoms with Crippen LogP contribution in [0, 0.1) is 0 Å². The molecule has 1 unspecified atom stereocenters. The van der Waals surface area contributed by atoms with Gasteiger partial charge in [0.15, 0.2) is 5.03 Å². The van der Waals surface area contributed by atoms with Crippen molar-refractivity contribution in [2.75, 3.05) is 4.90 Å². The predicted molar refractivity (Wildman–Crippen MR) is 148 cm³/mol. The summed E-state index contributed by atoms with van der Waals surface area (Å²) >= 11 is 15.9. The van der Waals surface area contributed by atoms with E-state index >= 15 is 0 Å². The van der Waals surface area contributed by atoms with E-state index in [4.69, 9.17) is 28.9 Å². The van der Waals surface area contributed by atoms with E-state index in [2.05, 4.69) is 25.6 Å². The van der Waals surface area contributed by atoms with Crippen LogP contribution < -0.4 is 15.4 Å². The zero-order valence-electron chi connectivity index (χ0n) is 20.0. The molecule has 37 heavy (non-hydrogen) atoms. The van der Waals surface area contributed by atoms with Crippen molar-refractivity contribution in [3.63, 3.8) is 0 Å². The normalized spacial score (nSPS) is 23.9. The number of benzene rings is 2. The van der Waals surface area contributed by atoms with Gasteiger partial charge in [-0.1, -0.05) is 64.1 Å². The van der Waals surface area contributed by atoms with E-state index in [9.17, 15) is 13.2 Å². The number of sulfonamides is 1. The van der Waals surface area contributed by atoms with Crippen LogP contribution in [0.2, 0.25) is 10.0 Å². The maximum absolute atomic E-state index is 14.1. The highest BCUT2D eigenvalue weighted by atomic mass is 79.9. The largest absolute Gasteiger partial charge is 0.326 e. The molecule has 5 rings (SSSR count). The van der Waals surface area contributed by atoms with Crippen molar-refractivity contribution in [3.8, 4) is 0 Å². The van der Waals surface area contributed by atoms with E-state index in [0.717, 1.165) is 29.3 Å². The first-order valence-corrected chi connectivity index (χ1v) is 14.9. The van der Waals surface area contributed by atoms with Crippen molar-refractivity contribution < 1.29 is 13.2 Å². The summed E-state index contributed by atoms with van der Waals surface area (Å²) in [4.78, 5) is 19.9. The minimum Gasteiger partial charge on any atom is -0.326 e. The molecule has 2 heterocycles. The number of nitrogens with zero attached hydrogens (tertiary/aromatic N) is 3. The number of aromatic nitrogens is 2. The fraction of sp³-hybridized carbons (Fsp3) is 0.360. The molecule has 1 saturated carbocycles. The Hall–Kier alpha value is -1.95. The number of imidazole rings is 1. The molecular weight excluding hydrogens is 601 g/mol. The van der Waals surface area contributed by atoms with Gasteiger partial charge in [0.05, 0.1) is 11.9 Å². The highest BCUT2D eigenvalue weighted by Gasteiger charge is 2.52. The van der Waals surface area contributed by atoms with Crippen LogP contribution in [0.25, 0.3) is 0 Å². The van der Waals surface area contributed by atoms with E-state index in [0.29, 0.717) is 22.2 Å². The molecule has 1 aliphatic heterocycles. The number of nitrogens with one attached hydrogen (secondary N) is 1. The Labute approximate surface area is 234 Å². The molecule has 0 radical (unpaired) electrons. The van der Waals surface area contributed by atoms with Crippen LogP contribution in [0.4, 0.5) is 11.6 Å². The maximum atomic E-state index is 14.1. The molecule has 3 N–H and O–H groups in total. The molecule has 8 nitrogen and oxygen atoms in total. The van der Waals surface area contributed by atoms with Crippen molar-refractivity contribution in [1.29, 1.82) is 0 Å². The second kappa shape index (κ2) is 9.98. The van der Waals surface area contributed by atoms with Crippen molar-refractivity contribution in [3.05, 3.63) is 68.7 Å². The molecule has 2 aromatic carbocycles. The Balaban J connectivity index is 1.63. The Kier molecular flexibility index (Phi) is 7.19. The van der Waals surface area contributed by atoms with E-state index in [1.54, 1.807) is 25.1 Å². The molecule has 2 aliphatic rings. The molecule has 0 bridgehead atoms. The molecule has 1 fully saturated rings. The number of halogens is 3. The van der Waals surface area contributed by atoms with Gasteiger partial charge in [-0.05, 0) is 55.7 Å². The quantitative estimate of drug-likeness (QED) is 0.394. The molecule has 0 saturated heterocycles. The SMILES string of the molecule is C[C@@]1(Cc2ccc(Br)cc2)C(=O)N(c2cc(Cl)cc(Cl)c2)c2ncc(S(=O)(=O)NC3CCCC[C@H]3N)n21. The highest BCUT2D eigenvalue weighted by molar-refractivity contribution is 9.10. The molecule has 1 aromatic heterocycles. The summed E-state index contributed by atoms with van der Waals surface area (Å²) in [5.41, 5.74) is 6.19. The minimum atomic E-state index is -4.06. The van der Waals surface area contributed by atoms with Crippen LogP contribution in [0.5, 0.6) is 0 Å². The standard InChI is InChI=1S/C25H26BrCl2N5O3S/c1-25(13-15-6-8-16(26)9-7-15)23(34)32(19-11-17(27)10-18(28)12-19)24-30-14-22(33(24)25)37(35,36)31-21-5-3-2-4-20(21)29/h6-12,14,20-21,31H,2-5,13,29H2,1H3/t20-,21?,25-/m1/s1. The van der Waals surface area contributed by atoms with Crippen LogP contribution in [-0.4, -0.2) is 36.0 Å². The lowest BCUT2D eigenvalue weighted by atomic mass is 9.92. The lowest BCUT2D eigenvalue weighted by Gasteiger charge is -2.30. The summed E-state index contributed by atoms with van der Waals surface area (Å²) in [6.45, 7) is 1.72. The zero-order valence-corrected chi connectivity index (χ0v) is 23.9. The van der Waals surface area contributed by atoms with Gasteiger partial charge in [-0.2, -0.15) is 0 Å². The average Bonchev–Trinajstić information content (AvgIpc) is 3.35. The fourth-order valence-electron chi connectivity index (χ4n) is 5.19. The van der Waals surface area contributed by atoms with Crippen molar-refractivity contribution in [2.45, 2.75) is 61.7 Å². The number of amides is 1. The number of rotatable bonds is 6. The minimum absolute atomic E-state index is 0.0936. The van der Waals surface area contributed by atoms with Gasteiger partial charge in [-0.25, -0.2) is 23.0 Å². The van der Waals surface area contributed by atoms with Gasteiger partial charge in [-0.3, -0.25) is 9.36 Å². The van der Waals surface area contributed by atoms with Crippen LogP contribution in [-0.2, 0) is 26.8 Å². The number of hydrogen-bond donors (Lipinski definition) is 2. The van der Waals surface area contributed by atoms with Crippen LogP contribution in [0.15, 0.2) is 58.2 Å². The molecular formula is C25H26BrCl2N5O3S. The van der Waals surface area contributed by atoms with Crippen molar-refractivity contribution >= 4 is 66.7 Å². The zero-order chi connectivity index (χ0) is 26.5. The van der Waals surface area contributed by atoms with Gasteiger partial charge in [0.2, 0.25) is 5.95 Å². The third-order valence-corrected chi connectivity index (χ3v) is 9.45. The van der Waals surface area contributed by atoms with E-state index in [1.807, 2.05) is 24.3 Å². The first-order valence-electron chi connectivity index (χ1n) is 11.9. The number of anilines is 2. The van der Waals surface area contributed by atoms with Gasteiger partial charge in [0, 0.05) is 33.0 Å². The van der Waals surface area contributed by atoms with Crippen molar-refractivity contribution in [1.82, 2.24) is 14.3 Å². The van der Waals surface area contributed by atoms with Crippen LogP contribution in [0.3, 0.4) is 0 Å². The fourth-order valence-corrected chi connectivity index (χ4v) is 7.49. The summed E-state index contributed by atoms with van der Waals surface area (Å²) in [6, 6.07) is 11.7. The Morgan fingerprint density at radius 1 is 1.14 bits per heavy atom. The number of fused-ring (bicyclic) bond motifs is 1. The summed E-state index contributed by atoms with van der Waals surface area (Å²) < 4.78 is 32.6. The summed E-state index contributed by atoms with van der Waals surface area (Å²) in [5.74, 6) is -0.168. The molecule has 196 valence electrons. The Bertz CT molecular complexity index is 1440. The van der Waals surface area contributed by atoms with E-state index in [1.165, 1.54) is 15.7 Å². The lowest BCUT2D eigenvalue weighted by Crippen LogP contribution is -2.50. The van der Waals surface area contributed by atoms with Crippen LogP contribution >= 0.6 is 39.1 Å². The molecule has 3 atom stereocenters. The van der Waals surface area contributed by atoms with Gasteiger partial charge in [0.25, 0.3) is 15.9 Å². The monoisotopic (exact) mass is 625 g/mol. The smallest absolute Gasteiger partial charge is 0.260 e. The molecule has 3 aromatic rings. The lowest BCUT2D eigenvalue weighted by molar-refractivity contribution is -0.124. The number of nitrogens with two attached hydrogens (primary N) is 1. The van der Waals surface area contributed by atoms with Gasteiger partial charge >= 0.3 is 0 Å². The predicted octanol–water partition coefficient (Wildman–Crippen LogP) is 5.14. The Morgan fingerprint density at radius 3 is 2.43 bits per heavy atom. The summed E-state index contributed by atoms with van der Waals surface area (Å²) in [7, 11) is -4.06. The molecule has 1 aliphatic carbocycles. The number of carbonyl (C=O) groups excluding carboxylic acids is 1. The highest BCUT2D eigenvalue weighted by Crippen LogP contribution is 2.44.